The largest absolute Gasteiger partial charge is 0.325 e. The van der Waals surface area contributed by atoms with Crippen LogP contribution < -0.4 is 5.32 Å². The van der Waals surface area contributed by atoms with Gasteiger partial charge in [-0.05, 0) is 55.7 Å². The first-order valence-corrected chi connectivity index (χ1v) is 10.5. The molecule has 9 heteroatoms. The van der Waals surface area contributed by atoms with E-state index in [2.05, 4.69) is 5.32 Å². The van der Waals surface area contributed by atoms with Crippen LogP contribution in [-0.2, 0) is 14.8 Å². The van der Waals surface area contributed by atoms with Gasteiger partial charge in [-0.25, -0.2) is 17.2 Å². The molecule has 1 aliphatic rings. The fourth-order valence-corrected chi connectivity index (χ4v) is 4.87. The zero-order chi connectivity index (χ0) is 20.5. The molecule has 1 heterocycles. The summed E-state index contributed by atoms with van der Waals surface area (Å²) >= 11 is 6.13. The third-order valence-electron chi connectivity index (χ3n) is 4.74. The third kappa shape index (κ3) is 4.34. The van der Waals surface area contributed by atoms with Crippen LogP contribution in [0.25, 0.3) is 0 Å². The highest BCUT2D eigenvalue weighted by Crippen LogP contribution is 2.27. The van der Waals surface area contributed by atoms with Gasteiger partial charge < -0.3 is 5.32 Å². The van der Waals surface area contributed by atoms with Gasteiger partial charge in [0.15, 0.2) is 11.6 Å². The van der Waals surface area contributed by atoms with Gasteiger partial charge >= 0.3 is 0 Å². The lowest BCUT2D eigenvalue weighted by Crippen LogP contribution is -2.41. The van der Waals surface area contributed by atoms with Gasteiger partial charge in [-0.15, -0.1) is 0 Å². The summed E-state index contributed by atoms with van der Waals surface area (Å²) in [5.74, 6) is -2.92. The molecule has 28 heavy (non-hydrogen) atoms. The molecule has 1 fully saturated rings. The number of carbonyl (C=O) groups excluding carboxylic acids is 1. The molecule has 0 aromatic heterocycles. The van der Waals surface area contributed by atoms with E-state index in [4.69, 9.17) is 11.6 Å². The summed E-state index contributed by atoms with van der Waals surface area (Å²) in [6.07, 6.45) is 0.635. The molecule has 5 nitrogen and oxygen atoms in total. The lowest BCUT2D eigenvalue weighted by atomic mass is 9.97. The number of sulfonamides is 1. The minimum atomic E-state index is -3.95. The quantitative estimate of drug-likeness (QED) is 0.801. The summed E-state index contributed by atoms with van der Waals surface area (Å²) in [7, 11) is -3.95. The Bertz CT molecular complexity index is 1010. The Morgan fingerprint density at radius 2 is 1.79 bits per heavy atom. The number of benzene rings is 2. The van der Waals surface area contributed by atoms with E-state index >= 15 is 0 Å². The van der Waals surface area contributed by atoms with E-state index in [1.54, 1.807) is 12.1 Å². The van der Waals surface area contributed by atoms with Crippen molar-refractivity contribution < 1.29 is 22.0 Å². The van der Waals surface area contributed by atoms with Crippen molar-refractivity contribution in [2.24, 2.45) is 5.92 Å². The molecule has 0 bridgehead atoms. The first kappa shape index (κ1) is 20.7. The van der Waals surface area contributed by atoms with Crippen molar-refractivity contribution in [2.75, 3.05) is 18.4 Å². The molecule has 0 spiro atoms. The van der Waals surface area contributed by atoms with E-state index < -0.39 is 21.7 Å². The average Bonchev–Trinajstić information content (AvgIpc) is 2.66. The maximum Gasteiger partial charge on any atom is 0.243 e. The molecule has 0 aliphatic carbocycles. The van der Waals surface area contributed by atoms with Gasteiger partial charge in [0.1, 0.15) is 0 Å². The molecule has 150 valence electrons. The Morgan fingerprint density at radius 3 is 2.39 bits per heavy atom. The first-order chi connectivity index (χ1) is 13.2. The number of anilines is 1. The zero-order valence-electron chi connectivity index (χ0n) is 15.1. The van der Waals surface area contributed by atoms with Crippen molar-refractivity contribution in [1.29, 1.82) is 0 Å². The van der Waals surface area contributed by atoms with Crippen LogP contribution in [0.2, 0.25) is 5.02 Å². The smallest absolute Gasteiger partial charge is 0.243 e. The third-order valence-corrected chi connectivity index (χ3v) is 6.94. The van der Waals surface area contributed by atoms with Gasteiger partial charge in [0.2, 0.25) is 15.9 Å². The van der Waals surface area contributed by atoms with Crippen LogP contribution in [-0.4, -0.2) is 31.7 Å². The van der Waals surface area contributed by atoms with Crippen LogP contribution >= 0.6 is 11.6 Å². The molecule has 1 N–H and O–H groups in total. The van der Waals surface area contributed by atoms with Crippen molar-refractivity contribution in [3.63, 3.8) is 0 Å². The predicted molar refractivity (Wildman–Crippen MR) is 103 cm³/mol. The van der Waals surface area contributed by atoms with Gasteiger partial charge in [0.05, 0.1) is 15.6 Å². The Morgan fingerprint density at radius 1 is 1.11 bits per heavy atom. The highest BCUT2D eigenvalue weighted by atomic mass is 35.5. The molecular formula is C19H19ClF2N2O3S. The van der Waals surface area contributed by atoms with E-state index in [1.165, 1.54) is 4.31 Å². The van der Waals surface area contributed by atoms with E-state index in [1.807, 2.05) is 13.0 Å². The van der Waals surface area contributed by atoms with Crippen LogP contribution in [0.1, 0.15) is 18.4 Å². The second kappa shape index (κ2) is 8.14. The lowest BCUT2D eigenvalue weighted by molar-refractivity contribution is -0.120. The van der Waals surface area contributed by atoms with Gasteiger partial charge in [0.25, 0.3) is 0 Å². The Hall–Kier alpha value is -2.03. The molecule has 1 aliphatic heterocycles. The molecule has 3 rings (SSSR count). The number of carbonyl (C=O) groups is 1. The number of hydrogen-bond donors (Lipinski definition) is 1. The number of nitrogens with one attached hydrogen (secondary N) is 1. The standard InChI is InChI=1S/C19H19ClF2N2O3S/c1-12-2-5-18(15(20)10-12)23-19(25)13-6-8-24(9-7-13)28(26,27)14-3-4-16(21)17(22)11-14/h2-5,10-11,13H,6-9H2,1H3,(H,23,25). The normalized spacial score (nSPS) is 16.1. The molecule has 1 saturated heterocycles. The molecule has 0 atom stereocenters. The fourth-order valence-electron chi connectivity index (χ4n) is 3.10. The molecule has 2 aromatic rings. The summed E-state index contributed by atoms with van der Waals surface area (Å²) in [6, 6.07) is 7.79. The topological polar surface area (TPSA) is 66.5 Å². The van der Waals surface area contributed by atoms with Crippen LogP contribution in [0, 0.1) is 24.5 Å². The molecule has 0 saturated carbocycles. The Labute approximate surface area is 167 Å². The molecule has 2 aromatic carbocycles. The fraction of sp³-hybridized carbons (Fsp3) is 0.316. The summed E-state index contributed by atoms with van der Waals surface area (Å²) in [6.45, 7) is 2.11. The first-order valence-electron chi connectivity index (χ1n) is 8.70. The van der Waals surface area contributed by atoms with E-state index in [0.717, 1.165) is 17.7 Å². The number of nitrogens with zero attached hydrogens (tertiary/aromatic N) is 1. The number of amides is 1. The molecule has 0 unspecified atom stereocenters. The molecule has 1 amide bonds. The molecule has 0 radical (unpaired) electrons. The van der Waals surface area contributed by atoms with Crippen molar-refractivity contribution in [1.82, 2.24) is 4.31 Å². The van der Waals surface area contributed by atoms with Gasteiger partial charge in [-0.1, -0.05) is 17.7 Å². The number of hydrogen-bond acceptors (Lipinski definition) is 3. The second-order valence-electron chi connectivity index (χ2n) is 6.73. The van der Waals surface area contributed by atoms with E-state index in [9.17, 15) is 22.0 Å². The maximum absolute atomic E-state index is 13.4. The number of piperidine rings is 1. The van der Waals surface area contributed by atoms with Crippen LogP contribution in [0.4, 0.5) is 14.5 Å². The van der Waals surface area contributed by atoms with Crippen LogP contribution in [0.15, 0.2) is 41.3 Å². The zero-order valence-corrected chi connectivity index (χ0v) is 16.7. The van der Waals surface area contributed by atoms with Crippen molar-refractivity contribution in [2.45, 2.75) is 24.7 Å². The van der Waals surface area contributed by atoms with Gasteiger partial charge in [0, 0.05) is 19.0 Å². The molecular weight excluding hydrogens is 410 g/mol. The average molecular weight is 429 g/mol. The summed E-state index contributed by atoms with van der Waals surface area (Å²) in [5, 5.41) is 3.21. The minimum absolute atomic E-state index is 0.112. The highest BCUT2D eigenvalue weighted by Gasteiger charge is 2.32. The van der Waals surface area contributed by atoms with Crippen LogP contribution in [0.3, 0.4) is 0 Å². The van der Waals surface area contributed by atoms with Crippen molar-refractivity contribution in [3.8, 4) is 0 Å². The van der Waals surface area contributed by atoms with E-state index in [-0.39, 0.29) is 29.8 Å². The Kier molecular flexibility index (Phi) is 6.02. The van der Waals surface area contributed by atoms with Crippen LogP contribution in [0.5, 0.6) is 0 Å². The number of aryl methyl sites for hydroxylation is 1. The summed E-state index contributed by atoms with van der Waals surface area (Å²) in [5.41, 5.74) is 1.48. The SMILES string of the molecule is Cc1ccc(NC(=O)C2CCN(S(=O)(=O)c3ccc(F)c(F)c3)CC2)c(Cl)c1. The maximum atomic E-state index is 13.4. The monoisotopic (exact) mass is 428 g/mol. The number of rotatable bonds is 4. The second-order valence-corrected chi connectivity index (χ2v) is 9.07. The highest BCUT2D eigenvalue weighted by molar-refractivity contribution is 7.89. The predicted octanol–water partition coefficient (Wildman–Crippen LogP) is 3.97. The summed E-state index contributed by atoms with van der Waals surface area (Å²) in [4.78, 5) is 12.2. The van der Waals surface area contributed by atoms with Crippen molar-refractivity contribution in [3.05, 3.63) is 58.6 Å². The van der Waals surface area contributed by atoms with Gasteiger partial charge in [-0.2, -0.15) is 4.31 Å². The summed E-state index contributed by atoms with van der Waals surface area (Å²) < 4.78 is 52.9. The lowest BCUT2D eigenvalue weighted by Gasteiger charge is -2.30. The Balaban J connectivity index is 1.64. The van der Waals surface area contributed by atoms with E-state index in [0.29, 0.717) is 29.6 Å². The number of halogens is 3. The minimum Gasteiger partial charge on any atom is -0.325 e. The van der Waals surface area contributed by atoms with Gasteiger partial charge in [-0.3, -0.25) is 4.79 Å². The van der Waals surface area contributed by atoms with Crippen molar-refractivity contribution >= 4 is 33.2 Å².